The second kappa shape index (κ2) is 9.77. The number of likely N-dealkylation sites (tertiary alicyclic amines) is 2. The number of hydrogen-bond donors (Lipinski definition) is 2. The zero-order valence-corrected chi connectivity index (χ0v) is 15.4. The van der Waals surface area contributed by atoms with E-state index in [1.807, 2.05) is 6.92 Å². The number of thiocarbonyl (C=S) groups is 2. The lowest BCUT2D eigenvalue weighted by molar-refractivity contribution is 0.338. The summed E-state index contributed by atoms with van der Waals surface area (Å²) in [5.74, 6) is 0. The van der Waals surface area contributed by atoms with Crippen molar-refractivity contribution in [2.75, 3.05) is 26.2 Å². The predicted molar refractivity (Wildman–Crippen MR) is 104 cm³/mol. The molecular weight excluding hydrogens is 328 g/mol. The molecule has 0 amide bonds. The van der Waals surface area contributed by atoms with Gasteiger partial charge in [-0.15, -0.1) is 0 Å². The van der Waals surface area contributed by atoms with Gasteiger partial charge >= 0.3 is 0 Å². The van der Waals surface area contributed by atoms with E-state index >= 15 is 0 Å². The summed E-state index contributed by atoms with van der Waals surface area (Å²) in [6.45, 7) is 5.93. The first-order valence-corrected chi connectivity index (χ1v) is 9.15. The molecule has 0 spiro atoms. The number of rotatable bonds is 3. The normalized spacial score (nSPS) is 19.8. The van der Waals surface area contributed by atoms with E-state index < -0.39 is 0 Å². The van der Waals surface area contributed by atoms with Crippen molar-refractivity contribution in [2.24, 2.45) is 10.2 Å². The molecule has 0 saturated carbocycles. The summed E-state index contributed by atoms with van der Waals surface area (Å²) in [6.07, 6.45) is 9.02. The second-order valence-electron chi connectivity index (χ2n) is 5.94. The summed E-state index contributed by atoms with van der Waals surface area (Å²) in [7, 11) is 0. The molecule has 2 saturated heterocycles. The topological polar surface area (TPSA) is 55.3 Å². The minimum Gasteiger partial charge on any atom is -0.348 e. The van der Waals surface area contributed by atoms with Gasteiger partial charge in [-0.25, -0.2) is 0 Å². The van der Waals surface area contributed by atoms with E-state index in [1.165, 1.54) is 38.5 Å². The highest BCUT2D eigenvalue weighted by atomic mass is 32.1. The van der Waals surface area contributed by atoms with Crippen LogP contribution < -0.4 is 10.9 Å². The number of nitrogens with one attached hydrogen (secondary N) is 2. The van der Waals surface area contributed by atoms with E-state index in [0.717, 1.165) is 31.9 Å². The maximum absolute atomic E-state index is 5.35. The van der Waals surface area contributed by atoms with Crippen molar-refractivity contribution in [2.45, 2.75) is 45.4 Å². The quantitative estimate of drug-likeness (QED) is 0.460. The van der Waals surface area contributed by atoms with Crippen LogP contribution in [0.2, 0.25) is 0 Å². The molecule has 0 atom stereocenters. The summed E-state index contributed by atoms with van der Waals surface area (Å²) in [5, 5.41) is 9.77. The van der Waals surface area contributed by atoms with Gasteiger partial charge < -0.3 is 9.80 Å². The van der Waals surface area contributed by atoms with Crippen LogP contribution in [0.25, 0.3) is 0 Å². The molecule has 0 unspecified atom stereocenters. The largest absolute Gasteiger partial charge is 0.348 e. The molecule has 0 bridgehead atoms. The summed E-state index contributed by atoms with van der Waals surface area (Å²) >= 11 is 10.7. The van der Waals surface area contributed by atoms with Crippen molar-refractivity contribution in [3.63, 3.8) is 0 Å². The van der Waals surface area contributed by atoms with Crippen molar-refractivity contribution in [3.05, 3.63) is 0 Å². The summed E-state index contributed by atoms with van der Waals surface area (Å²) < 4.78 is 0. The third-order valence-electron chi connectivity index (χ3n) is 4.03. The zero-order chi connectivity index (χ0) is 16.5. The van der Waals surface area contributed by atoms with Crippen molar-refractivity contribution >= 4 is 46.6 Å². The SMILES string of the molecule is CC(/C=N\NC(=S)N1CCCCC1)=N/NC(=S)N1CCCCC1. The number of piperidine rings is 2. The molecule has 2 fully saturated rings. The Balaban J connectivity index is 1.70. The molecule has 0 radical (unpaired) electrons. The van der Waals surface area contributed by atoms with Gasteiger partial charge in [0.05, 0.1) is 11.9 Å². The predicted octanol–water partition coefficient (Wildman–Crippen LogP) is 2.07. The standard InChI is InChI=1S/C15H26N6S2/c1-13(17-19-15(23)21-10-6-3-7-11-21)12-16-18-14(22)20-8-4-2-5-9-20/h12H,2-11H2,1H3,(H,18,22)(H,19,23)/b16-12-,17-13-. The second-order valence-corrected chi connectivity index (χ2v) is 6.71. The molecule has 2 aliphatic heterocycles. The minimum atomic E-state index is 0.686. The molecule has 0 aromatic heterocycles. The Bertz CT molecular complexity index is 465. The van der Waals surface area contributed by atoms with Gasteiger partial charge in [-0.05, 0) is 69.9 Å². The van der Waals surface area contributed by atoms with Crippen molar-refractivity contribution < 1.29 is 0 Å². The monoisotopic (exact) mass is 354 g/mol. The van der Waals surface area contributed by atoms with Gasteiger partial charge in [-0.3, -0.25) is 10.9 Å². The van der Waals surface area contributed by atoms with E-state index in [-0.39, 0.29) is 0 Å². The highest BCUT2D eigenvalue weighted by molar-refractivity contribution is 7.80. The lowest BCUT2D eigenvalue weighted by Crippen LogP contribution is -2.41. The Labute approximate surface area is 149 Å². The van der Waals surface area contributed by atoms with Crippen molar-refractivity contribution in [1.82, 2.24) is 20.7 Å². The average molecular weight is 355 g/mol. The van der Waals surface area contributed by atoms with Crippen LogP contribution in [0.3, 0.4) is 0 Å². The lowest BCUT2D eigenvalue weighted by Gasteiger charge is -2.28. The van der Waals surface area contributed by atoms with Crippen molar-refractivity contribution in [3.8, 4) is 0 Å². The third-order valence-corrected chi connectivity index (χ3v) is 4.72. The summed E-state index contributed by atoms with van der Waals surface area (Å²) in [6, 6.07) is 0. The molecule has 2 aliphatic rings. The molecule has 23 heavy (non-hydrogen) atoms. The molecule has 2 rings (SSSR count). The Hall–Kier alpha value is -1.28. The van der Waals surface area contributed by atoms with Gasteiger partial charge in [0.1, 0.15) is 0 Å². The Kier molecular flexibility index (Phi) is 7.67. The molecule has 2 heterocycles. The van der Waals surface area contributed by atoms with E-state index in [0.29, 0.717) is 10.2 Å². The van der Waals surface area contributed by atoms with Crippen molar-refractivity contribution in [1.29, 1.82) is 0 Å². The van der Waals surface area contributed by atoms with Crippen LogP contribution in [0.15, 0.2) is 10.2 Å². The van der Waals surface area contributed by atoms with Crippen LogP contribution in [0.5, 0.6) is 0 Å². The number of nitrogens with zero attached hydrogens (tertiary/aromatic N) is 4. The molecule has 8 heteroatoms. The van der Waals surface area contributed by atoms with Gasteiger partial charge in [0.2, 0.25) is 0 Å². The first-order chi connectivity index (χ1) is 11.2. The summed E-state index contributed by atoms with van der Waals surface area (Å²) in [5.41, 5.74) is 6.59. The van der Waals surface area contributed by atoms with Gasteiger partial charge in [0, 0.05) is 26.2 Å². The Morgan fingerprint density at radius 1 is 0.826 bits per heavy atom. The van der Waals surface area contributed by atoms with E-state index in [9.17, 15) is 0 Å². The number of hydrogen-bond acceptors (Lipinski definition) is 4. The first kappa shape index (κ1) is 18.1. The van der Waals surface area contributed by atoms with Gasteiger partial charge in [0.15, 0.2) is 10.2 Å². The molecule has 0 aromatic carbocycles. The Morgan fingerprint density at radius 3 is 1.83 bits per heavy atom. The smallest absolute Gasteiger partial charge is 0.189 e. The highest BCUT2D eigenvalue weighted by Gasteiger charge is 2.13. The van der Waals surface area contributed by atoms with Gasteiger partial charge in [-0.2, -0.15) is 10.2 Å². The van der Waals surface area contributed by atoms with E-state index in [2.05, 4.69) is 30.9 Å². The molecule has 2 N–H and O–H groups in total. The molecule has 6 nitrogen and oxygen atoms in total. The minimum absolute atomic E-state index is 0.686. The number of hydrazone groups is 2. The van der Waals surface area contributed by atoms with Crippen LogP contribution in [0, 0.1) is 0 Å². The van der Waals surface area contributed by atoms with Crippen LogP contribution in [0.1, 0.15) is 45.4 Å². The zero-order valence-electron chi connectivity index (χ0n) is 13.8. The van der Waals surface area contributed by atoms with Gasteiger partial charge in [-0.1, -0.05) is 0 Å². The van der Waals surface area contributed by atoms with E-state index in [4.69, 9.17) is 24.4 Å². The fourth-order valence-electron chi connectivity index (χ4n) is 2.68. The third kappa shape index (κ3) is 6.39. The lowest BCUT2D eigenvalue weighted by atomic mass is 10.1. The summed E-state index contributed by atoms with van der Waals surface area (Å²) in [4.78, 5) is 4.32. The van der Waals surface area contributed by atoms with Gasteiger partial charge in [0.25, 0.3) is 0 Å². The van der Waals surface area contributed by atoms with Crippen LogP contribution in [-0.4, -0.2) is 58.1 Å². The Morgan fingerprint density at radius 2 is 1.30 bits per heavy atom. The first-order valence-electron chi connectivity index (χ1n) is 8.34. The maximum Gasteiger partial charge on any atom is 0.189 e. The van der Waals surface area contributed by atoms with Crippen LogP contribution >= 0.6 is 24.4 Å². The highest BCUT2D eigenvalue weighted by Crippen LogP contribution is 2.09. The van der Waals surface area contributed by atoms with E-state index in [1.54, 1.807) is 6.21 Å². The molecule has 128 valence electrons. The maximum atomic E-state index is 5.35. The van der Waals surface area contributed by atoms with Crippen LogP contribution in [0.4, 0.5) is 0 Å². The molecule has 0 aromatic rings. The van der Waals surface area contributed by atoms with Crippen LogP contribution in [-0.2, 0) is 0 Å². The molecule has 0 aliphatic carbocycles. The average Bonchev–Trinajstić information content (AvgIpc) is 2.61. The fraction of sp³-hybridized carbons (Fsp3) is 0.733. The molecular formula is C15H26N6S2. The fourth-order valence-corrected chi connectivity index (χ4v) is 3.14.